The molecule has 0 spiro atoms. The Morgan fingerprint density at radius 2 is 1.79 bits per heavy atom. The third kappa shape index (κ3) is 2.37. The molecule has 1 aromatic carbocycles. The molecular formula is C13H8O6. The van der Waals surface area contributed by atoms with Crippen molar-refractivity contribution in [2.24, 2.45) is 0 Å². The predicted octanol–water partition coefficient (Wildman–Crippen LogP) is 2.16. The molecule has 2 aromatic rings. The Morgan fingerprint density at radius 1 is 1.05 bits per heavy atom. The van der Waals surface area contributed by atoms with Gasteiger partial charge in [-0.2, -0.15) is 0 Å². The van der Waals surface area contributed by atoms with Crippen LogP contribution in [-0.4, -0.2) is 28.4 Å². The summed E-state index contributed by atoms with van der Waals surface area (Å²) in [5.41, 5.74) is -0.0543. The van der Waals surface area contributed by atoms with Crippen molar-refractivity contribution in [2.45, 2.75) is 0 Å². The maximum Gasteiger partial charge on any atom is 0.336 e. The van der Waals surface area contributed by atoms with Gasteiger partial charge in [-0.3, -0.25) is 4.79 Å². The number of benzene rings is 1. The van der Waals surface area contributed by atoms with Crippen LogP contribution in [0.4, 0.5) is 0 Å². The number of aldehydes is 1. The lowest BCUT2D eigenvalue weighted by molar-refractivity contribution is 0.0681. The summed E-state index contributed by atoms with van der Waals surface area (Å²) in [6.07, 6.45) is 0.477. The second-order valence-corrected chi connectivity index (χ2v) is 3.69. The molecule has 0 amide bonds. The van der Waals surface area contributed by atoms with Crippen LogP contribution in [0.1, 0.15) is 31.3 Å². The minimum Gasteiger partial charge on any atom is -0.478 e. The highest BCUT2D eigenvalue weighted by molar-refractivity contribution is 5.98. The van der Waals surface area contributed by atoms with Crippen LogP contribution in [0.3, 0.4) is 0 Å². The van der Waals surface area contributed by atoms with Gasteiger partial charge in [-0.05, 0) is 30.3 Å². The van der Waals surface area contributed by atoms with E-state index in [1.54, 1.807) is 0 Å². The Hall–Kier alpha value is -2.89. The Bertz CT molecular complexity index is 668. The molecule has 0 unspecified atom stereocenters. The zero-order valence-electron chi connectivity index (χ0n) is 9.49. The molecule has 0 aliphatic rings. The number of carboxylic acids is 2. The minimum atomic E-state index is -1.21. The van der Waals surface area contributed by atoms with Gasteiger partial charge in [-0.25, -0.2) is 9.59 Å². The van der Waals surface area contributed by atoms with Crippen LogP contribution in [0, 0.1) is 0 Å². The summed E-state index contributed by atoms with van der Waals surface area (Å²) >= 11 is 0. The van der Waals surface area contributed by atoms with Crippen molar-refractivity contribution in [1.29, 1.82) is 0 Å². The molecule has 6 heteroatoms. The van der Waals surface area contributed by atoms with Crippen molar-refractivity contribution in [3.63, 3.8) is 0 Å². The molecule has 0 radical (unpaired) electrons. The molecule has 1 aromatic heterocycles. The van der Waals surface area contributed by atoms with Gasteiger partial charge in [0.15, 0.2) is 12.0 Å². The van der Waals surface area contributed by atoms with Gasteiger partial charge in [0.2, 0.25) is 0 Å². The van der Waals surface area contributed by atoms with Crippen LogP contribution < -0.4 is 0 Å². The van der Waals surface area contributed by atoms with Gasteiger partial charge in [0.25, 0.3) is 0 Å². The first-order valence-electron chi connectivity index (χ1n) is 5.19. The lowest BCUT2D eigenvalue weighted by Crippen LogP contribution is -2.03. The van der Waals surface area contributed by atoms with Gasteiger partial charge in [-0.15, -0.1) is 0 Å². The molecule has 0 fully saturated rings. The molecule has 0 aliphatic heterocycles. The SMILES string of the molecule is O=Cc1ccc(-c2cc(C(=O)O)ccc2C(=O)O)o1. The predicted molar refractivity (Wildman–Crippen MR) is 63.5 cm³/mol. The standard InChI is InChI=1S/C13H8O6/c14-6-8-2-4-11(19-8)10-5-7(12(15)16)1-3-9(10)13(17)18/h1-6H,(H,15,16)(H,17,18). The molecule has 6 nitrogen and oxygen atoms in total. The van der Waals surface area contributed by atoms with E-state index < -0.39 is 11.9 Å². The van der Waals surface area contributed by atoms with Crippen molar-refractivity contribution in [2.75, 3.05) is 0 Å². The number of carboxylic acid groups (broad SMARTS) is 2. The highest BCUT2D eigenvalue weighted by Gasteiger charge is 2.17. The maximum absolute atomic E-state index is 11.1. The van der Waals surface area contributed by atoms with E-state index in [1.165, 1.54) is 30.3 Å². The summed E-state index contributed by atoms with van der Waals surface area (Å²) in [5, 5.41) is 18.0. The average molecular weight is 260 g/mol. The monoisotopic (exact) mass is 260 g/mol. The van der Waals surface area contributed by atoms with Gasteiger partial charge in [0, 0.05) is 5.56 Å². The number of furan rings is 1. The normalized spacial score (nSPS) is 10.1. The van der Waals surface area contributed by atoms with E-state index in [0.29, 0.717) is 6.29 Å². The number of aromatic carboxylic acids is 2. The maximum atomic E-state index is 11.1. The molecule has 19 heavy (non-hydrogen) atoms. The van der Waals surface area contributed by atoms with E-state index >= 15 is 0 Å². The Morgan fingerprint density at radius 3 is 2.32 bits per heavy atom. The number of rotatable bonds is 4. The van der Waals surface area contributed by atoms with Crippen LogP contribution >= 0.6 is 0 Å². The van der Waals surface area contributed by atoms with E-state index in [-0.39, 0.29) is 28.2 Å². The third-order valence-electron chi connectivity index (χ3n) is 2.51. The Balaban J connectivity index is 2.63. The van der Waals surface area contributed by atoms with Crippen molar-refractivity contribution in [1.82, 2.24) is 0 Å². The molecule has 0 aliphatic carbocycles. The Labute approximate surface area is 106 Å². The van der Waals surface area contributed by atoms with E-state index in [4.69, 9.17) is 14.6 Å². The third-order valence-corrected chi connectivity index (χ3v) is 2.51. The van der Waals surface area contributed by atoms with Crippen LogP contribution in [0.15, 0.2) is 34.7 Å². The first-order valence-corrected chi connectivity index (χ1v) is 5.19. The van der Waals surface area contributed by atoms with E-state index in [0.717, 1.165) is 0 Å². The van der Waals surface area contributed by atoms with Crippen LogP contribution in [0.5, 0.6) is 0 Å². The van der Waals surface area contributed by atoms with Crippen LogP contribution in [0.2, 0.25) is 0 Å². The number of carbonyl (C=O) groups is 3. The fourth-order valence-electron chi connectivity index (χ4n) is 1.63. The molecule has 2 N–H and O–H groups in total. The van der Waals surface area contributed by atoms with Gasteiger partial charge in [0.1, 0.15) is 5.76 Å². The van der Waals surface area contributed by atoms with Crippen LogP contribution in [-0.2, 0) is 0 Å². The van der Waals surface area contributed by atoms with Gasteiger partial charge >= 0.3 is 11.9 Å². The van der Waals surface area contributed by atoms with Gasteiger partial charge in [-0.1, -0.05) is 0 Å². The zero-order valence-corrected chi connectivity index (χ0v) is 9.49. The van der Waals surface area contributed by atoms with E-state index in [2.05, 4.69) is 0 Å². The van der Waals surface area contributed by atoms with Crippen molar-refractivity contribution in [3.8, 4) is 11.3 Å². The number of hydrogen-bond donors (Lipinski definition) is 2. The summed E-state index contributed by atoms with van der Waals surface area (Å²) in [5.74, 6) is -2.23. The average Bonchev–Trinajstić information content (AvgIpc) is 2.86. The smallest absolute Gasteiger partial charge is 0.336 e. The largest absolute Gasteiger partial charge is 0.478 e. The first-order chi connectivity index (χ1) is 9.02. The molecule has 0 atom stereocenters. The topological polar surface area (TPSA) is 105 Å². The lowest BCUT2D eigenvalue weighted by Gasteiger charge is -2.04. The van der Waals surface area contributed by atoms with Gasteiger partial charge < -0.3 is 14.6 Å². The van der Waals surface area contributed by atoms with Crippen molar-refractivity contribution in [3.05, 3.63) is 47.2 Å². The fourth-order valence-corrected chi connectivity index (χ4v) is 1.63. The summed E-state index contributed by atoms with van der Waals surface area (Å²) in [4.78, 5) is 32.5. The van der Waals surface area contributed by atoms with E-state index in [9.17, 15) is 14.4 Å². The number of hydrogen-bond acceptors (Lipinski definition) is 4. The Kier molecular flexibility index (Phi) is 3.15. The molecule has 0 saturated carbocycles. The van der Waals surface area contributed by atoms with Crippen molar-refractivity contribution < 1.29 is 29.0 Å². The minimum absolute atomic E-state index is 0.0343. The summed E-state index contributed by atoms with van der Waals surface area (Å²) in [6.45, 7) is 0. The molecular weight excluding hydrogens is 252 g/mol. The molecule has 0 saturated heterocycles. The quantitative estimate of drug-likeness (QED) is 0.816. The summed E-state index contributed by atoms with van der Waals surface area (Å²) in [7, 11) is 0. The first kappa shape index (κ1) is 12.6. The molecule has 96 valence electrons. The second kappa shape index (κ2) is 4.77. The highest BCUT2D eigenvalue weighted by atomic mass is 16.4. The number of carbonyl (C=O) groups excluding carboxylic acids is 1. The zero-order chi connectivity index (χ0) is 14.0. The van der Waals surface area contributed by atoms with Crippen LogP contribution in [0.25, 0.3) is 11.3 Å². The van der Waals surface area contributed by atoms with E-state index in [1.807, 2.05) is 0 Å². The van der Waals surface area contributed by atoms with Crippen molar-refractivity contribution >= 4 is 18.2 Å². The fraction of sp³-hybridized carbons (Fsp3) is 0. The summed E-state index contributed by atoms with van der Waals surface area (Å²) in [6, 6.07) is 6.36. The van der Waals surface area contributed by atoms with Gasteiger partial charge in [0.05, 0.1) is 11.1 Å². The highest BCUT2D eigenvalue weighted by Crippen LogP contribution is 2.27. The molecule has 2 rings (SSSR count). The molecule has 1 heterocycles. The lowest BCUT2D eigenvalue weighted by atomic mass is 10.0. The second-order valence-electron chi connectivity index (χ2n) is 3.69. The molecule has 0 bridgehead atoms. The summed E-state index contributed by atoms with van der Waals surface area (Å²) < 4.78 is 5.12.